The largest absolute Gasteiger partial charge is 0.472 e. The Hall–Kier alpha value is -5.09. The van der Waals surface area contributed by atoms with Crippen LogP contribution in [-0.2, 0) is 55.8 Å². The summed E-state index contributed by atoms with van der Waals surface area (Å²) in [7, 11) is -9.82. The Morgan fingerprint density at radius 3 is 0.699 bits per heavy atom. The molecule has 113 heavy (non-hydrogen) atoms. The maximum Gasteiger partial charge on any atom is 0.472 e. The number of phosphoric acid groups is 2. The highest BCUT2D eigenvalue weighted by Gasteiger charge is 2.29. The van der Waals surface area contributed by atoms with Crippen LogP contribution in [0.5, 0.6) is 0 Å². The molecule has 0 radical (unpaired) electrons. The van der Waals surface area contributed by atoms with Gasteiger partial charge in [0.25, 0.3) is 0 Å². The van der Waals surface area contributed by atoms with E-state index >= 15 is 0 Å². The average Bonchev–Trinajstić information content (AvgIpc) is 0.886. The van der Waals surface area contributed by atoms with E-state index in [0.29, 0.717) is 19.3 Å². The highest BCUT2D eigenvalue weighted by molar-refractivity contribution is 7.47. The number of rotatable bonds is 83. The third-order valence-electron chi connectivity index (χ3n) is 18.4. The maximum absolute atomic E-state index is 13.0. The fourth-order valence-corrected chi connectivity index (χ4v) is 13.4. The van der Waals surface area contributed by atoms with Crippen molar-refractivity contribution in [1.29, 1.82) is 0 Å². The molecule has 5 atom stereocenters. The summed E-state index contributed by atoms with van der Waals surface area (Å²) in [5.74, 6) is -1.61. The molecule has 0 rings (SSSR count). The molecule has 0 aliphatic heterocycles. The number of carbonyl (C=O) groups excluding carboxylic acids is 3. The molecule has 0 aromatic rings. The van der Waals surface area contributed by atoms with Crippen molar-refractivity contribution in [3.8, 4) is 0 Å². The molecule has 0 fully saturated rings. The SMILES string of the molecule is CC/C=C\C/C=C\C/C=C\C/C=C\C/C=C\CCCCCCCCCCCCCCCCCCCCCC(=O)OCC(O)COP(=O)(O)OCC(O)COP(=O)(O)OCC(COC(=O)CCCCCCCCCCC/C=C\C/C=C\C/C=C\C/C=C\C/C=C\CC)OC(=O)CCCCCC/C=C\C/C=C\C/C=C\C/C=C\CC. The number of unbranched alkanes of at least 4 members (excludes halogenated alkanes) is 32. The number of aliphatic hydroxyl groups excluding tert-OH is 2. The number of hydrogen-bond acceptors (Lipinski definition) is 14. The lowest BCUT2D eigenvalue weighted by molar-refractivity contribution is -0.161. The smallest absolute Gasteiger partial charge is 0.463 e. The molecule has 18 heteroatoms. The summed E-state index contributed by atoms with van der Waals surface area (Å²) in [4.78, 5) is 58.9. The fraction of sp³-hybridized carbons (Fsp3) is 0.674. The van der Waals surface area contributed by atoms with Crippen molar-refractivity contribution in [3.05, 3.63) is 170 Å². The topological polar surface area (TPSA) is 231 Å². The van der Waals surface area contributed by atoms with Crippen LogP contribution in [0, 0.1) is 0 Å². The van der Waals surface area contributed by atoms with Crippen LogP contribution < -0.4 is 0 Å². The molecule has 0 spiro atoms. The first-order valence-electron chi connectivity index (χ1n) is 44.4. The molecular formula is C95H160O16P2. The van der Waals surface area contributed by atoms with Crippen LogP contribution in [0.1, 0.15) is 355 Å². The average molecular weight is 1620 g/mol. The second-order valence-corrected chi connectivity index (χ2v) is 32.2. The van der Waals surface area contributed by atoms with Gasteiger partial charge in [-0.25, -0.2) is 9.13 Å². The molecule has 0 heterocycles. The Bertz CT molecular complexity index is 2730. The van der Waals surface area contributed by atoms with Crippen LogP contribution in [0.25, 0.3) is 0 Å². The lowest BCUT2D eigenvalue weighted by Gasteiger charge is -2.21. The van der Waals surface area contributed by atoms with E-state index in [0.717, 1.165) is 167 Å². The lowest BCUT2D eigenvalue weighted by Crippen LogP contribution is -2.30. The fourth-order valence-electron chi connectivity index (χ4n) is 11.8. The van der Waals surface area contributed by atoms with Crippen molar-refractivity contribution in [2.24, 2.45) is 0 Å². The number of allylic oxidation sites excluding steroid dienone is 28. The number of carbonyl (C=O) groups is 3. The summed E-state index contributed by atoms with van der Waals surface area (Å²) in [6.45, 7) is 2.33. The van der Waals surface area contributed by atoms with Crippen LogP contribution in [0.2, 0.25) is 0 Å². The van der Waals surface area contributed by atoms with Gasteiger partial charge in [-0.05, 0) is 148 Å². The summed E-state index contributed by atoms with van der Waals surface area (Å²) in [5.41, 5.74) is 0. The van der Waals surface area contributed by atoms with Crippen LogP contribution in [0.4, 0.5) is 0 Å². The molecular weight excluding hydrogens is 1460 g/mol. The highest BCUT2D eigenvalue weighted by atomic mass is 31.2. The first-order valence-corrected chi connectivity index (χ1v) is 47.4. The van der Waals surface area contributed by atoms with Gasteiger partial charge in [-0.15, -0.1) is 0 Å². The lowest BCUT2D eigenvalue weighted by atomic mass is 10.0. The number of hydrogen-bond donors (Lipinski definition) is 4. The zero-order chi connectivity index (χ0) is 82.2. The minimum atomic E-state index is -4.95. The van der Waals surface area contributed by atoms with Crippen LogP contribution >= 0.6 is 15.6 Å². The predicted octanol–water partition coefficient (Wildman–Crippen LogP) is 27.1. The molecule has 0 saturated carbocycles. The number of phosphoric ester groups is 2. The van der Waals surface area contributed by atoms with Crippen molar-refractivity contribution in [1.82, 2.24) is 0 Å². The second kappa shape index (κ2) is 86.3. The summed E-state index contributed by atoms with van der Waals surface area (Å²) in [6, 6.07) is 0. The Morgan fingerprint density at radius 1 is 0.248 bits per heavy atom. The number of aliphatic hydroxyl groups is 2. The van der Waals surface area contributed by atoms with Gasteiger partial charge in [-0.1, -0.05) is 358 Å². The highest BCUT2D eigenvalue weighted by Crippen LogP contribution is 2.45. The molecule has 646 valence electrons. The summed E-state index contributed by atoms with van der Waals surface area (Å²) in [5, 5.41) is 20.7. The Balaban J connectivity index is 4.48. The molecule has 0 aromatic carbocycles. The molecule has 5 unspecified atom stereocenters. The minimum absolute atomic E-state index is 0.0708. The molecule has 0 amide bonds. The first kappa shape index (κ1) is 108. The second-order valence-electron chi connectivity index (χ2n) is 29.3. The molecule has 0 aromatic heterocycles. The quantitative estimate of drug-likeness (QED) is 0.0146. The van der Waals surface area contributed by atoms with Crippen molar-refractivity contribution >= 4 is 33.6 Å². The molecule has 0 saturated heterocycles. The van der Waals surface area contributed by atoms with Crippen molar-refractivity contribution < 1.29 is 75.8 Å². The van der Waals surface area contributed by atoms with Gasteiger partial charge in [0.1, 0.15) is 25.4 Å². The minimum Gasteiger partial charge on any atom is -0.463 e. The van der Waals surface area contributed by atoms with Gasteiger partial charge >= 0.3 is 33.6 Å². The van der Waals surface area contributed by atoms with E-state index in [2.05, 4.69) is 191 Å². The molecule has 16 nitrogen and oxygen atoms in total. The zero-order valence-corrected chi connectivity index (χ0v) is 72.8. The van der Waals surface area contributed by atoms with Gasteiger partial charge in [0, 0.05) is 19.3 Å². The van der Waals surface area contributed by atoms with E-state index in [1.54, 1.807) is 0 Å². The van der Waals surface area contributed by atoms with E-state index in [1.165, 1.54) is 128 Å². The van der Waals surface area contributed by atoms with Crippen molar-refractivity contribution in [3.63, 3.8) is 0 Å². The van der Waals surface area contributed by atoms with E-state index in [4.69, 9.17) is 32.3 Å². The molecule has 0 aliphatic rings. The van der Waals surface area contributed by atoms with Gasteiger partial charge in [-0.3, -0.25) is 32.5 Å². The van der Waals surface area contributed by atoms with E-state index in [1.807, 2.05) is 0 Å². The maximum atomic E-state index is 13.0. The third-order valence-corrected chi connectivity index (χ3v) is 20.3. The molecule has 0 aliphatic carbocycles. The van der Waals surface area contributed by atoms with Crippen LogP contribution in [0.15, 0.2) is 170 Å². The van der Waals surface area contributed by atoms with Crippen molar-refractivity contribution in [2.75, 3.05) is 39.6 Å². The Kier molecular flexibility index (Phi) is 82.4. The zero-order valence-electron chi connectivity index (χ0n) is 71.0. The Morgan fingerprint density at radius 2 is 0.442 bits per heavy atom. The van der Waals surface area contributed by atoms with Gasteiger partial charge in [-0.2, -0.15) is 0 Å². The van der Waals surface area contributed by atoms with Gasteiger partial charge in [0.05, 0.1) is 26.4 Å². The van der Waals surface area contributed by atoms with Crippen LogP contribution in [0.3, 0.4) is 0 Å². The van der Waals surface area contributed by atoms with Gasteiger partial charge in [0.2, 0.25) is 0 Å². The predicted molar refractivity (Wildman–Crippen MR) is 472 cm³/mol. The molecule has 0 bridgehead atoms. The first-order chi connectivity index (χ1) is 55.2. The third kappa shape index (κ3) is 87.6. The monoisotopic (exact) mass is 1620 g/mol. The molecule has 4 N–H and O–H groups in total. The van der Waals surface area contributed by atoms with E-state index in [-0.39, 0.29) is 19.3 Å². The standard InChI is InChI=1S/C95H160O16P2/c1-4-7-10-13-16-19-22-25-28-31-33-35-37-39-40-41-42-43-44-45-46-47-48-50-52-53-55-58-60-63-66-69-72-75-78-81-93(98)105-84-90(96)85-107-112(101,102)108-86-91(97)87-109-113(103,104)110-89-92(111-95(100)83-80-77-74-71-68-65-62-57-30-27-24-21-18-15-12-9-6-3)88-106-94(99)82-79-76-73-70-67-64-61-59-56-54-51-49-38-36-34-32-29-26-23-20-17-14-11-8-5-2/h7-12,16-21,25-30,33-36,39-40,49,51,62,65,90-92,96-97H,4-6,13-15,22-24,31-32,37-38,41-48,50,52-61,63-64,66-89H2,1-3H3,(H,101,102)(H,103,104)/b10-7-,11-8-,12-9-,19-16-,20-17-,21-18-,28-25-,29-26-,30-27-,35-33-,36-34-,40-39-,51-49-,65-62-. The van der Waals surface area contributed by atoms with Crippen LogP contribution in [-0.4, -0.2) is 95.9 Å². The van der Waals surface area contributed by atoms with Gasteiger partial charge < -0.3 is 34.2 Å². The van der Waals surface area contributed by atoms with Gasteiger partial charge in [0.15, 0.2) is 6.10 Å². The Labute approximate surface area is 688 Å². The van der Waals surface area contributed by atoms with E-state index in [9.17, 15) is 43.5 Å². The summed E-state index contributed by atoms with van der Waals surface area (Å²) in [6.07, 6.45) is 111. The summed E-state index contributed by atoms with van der Waals surface area (Å²) < 4.78 is 61.3. The normalized spacial score (nSPS) is 14.6. The van der Waals surface area contributed by atoms with E-state index < -0.39 is 91.5 Å². The summed E-state index contributed by atoms with van der Waals surface area (Å²) >= 11 is 0. The number of esters is 3. The van der Waals surface area contributed by atoms with Crippen molar-refractivity contribution in [2.45, 2.75) is 373 Å². The number of ether oxygens (including phenoxy) is 3.